The third kappa shape index (κ3) is 6.99. The molecule has 1 aliphatic heterocycles. The molecule has 8 heteroatoms. The molecule has 0 radical (unpaired) electrons. The van der Waals surface area contributed by atoms with Gasteiger partial charge < -0.3 is 19.9 Å². The first kappa shape index (κ1) is 22.0. The van der Waals surface area contributed by atoms with Crippen LogP contribution in [-0.2, 0) is 16.1 Å². The van der Waals surface area contributed by atoms with Crippen molar-refractivity contribution in [1.82, 2.24) is 15.1 Å². The smallest absolute Gasteiger partial charge is 0.242 e. The Labute approximate surface area is 171 Å². The van der Waals surface area contributed by atoms with Crippen LogP contribution in [0.25, 0.3) is 0 Å². The Bertz CT molecular complexity index is 568. The molecular formula is C17H26ClIN4O2. The molecule has 0 aliphatic carbocycles. The van der Waals surface area contributed by atoms with Crippen LogP contribution in [0.2, 0.25) is 5.02 Å². The lowest BCUT2D eigenvalue weighted by Gasteiger charge is -2.36. The maximum absolute atomic E-state index is 12.4. The van der Waals surface area contributed by atoms with E-state index < -0.39 is 0 Å². The van der Waals surface area contributed by atoms with Crippen LogP contribution < -0.4 is 5.32 Å². The van der Waals surface area contributed by atoms with E-state index >= 15 is 0 Å². The molecule has 6 nitrogen and oxygen atoms in total. The van der Waals surface area contributed by atoms with E-state index in [2.05, 4.69) is 10.3 Å². The van der Waals surface area contributed by atoms with Crippen molar-refractivity contribution in [3.8, 4) is 0 Å². The minimum Gasteiger partial charge on any atom is -0.380 e. The fraction of sp³-hybridized carbons (Fsp3) is 0.529. The summed E-state index contributed by atoms with van der Waals surface area (Å²) in [5.74, 6) is 0.846. The molecule has 1 amide bonds. The van der Waals surface area contributed by atoms with Crippen molar-refractivity contribution >= 4 is 47.4 Å². The van der Waals surface area contributed by atoms with E-state index in [1.54, 1.807) is 7.05 Å². The quantitative estimate of drug-likeness (QED) is 0.294. The molecule has 0 atom stereocenters. The number of rotatable bonds is 6. The van der Waals surface area contributed by atoms with Crippen molar-refractivity contribution in [1.29, 1.82) is 0 Å². The number of nitrogens with one attached hydrogen (secondary N) is 1. The fourth-order valence-electron chi connectivity index (χ4n) is 2.58. The highest BCUT2D eigenvalue weighted by atomic mass is 127. The average Bonchev–Trinajstić information content (AvgIpc) is 2.59. The first-order valence-corrected chi connectivity index (χ1v) is 8.57. The fourth-order valence-corrected chi connectivity index (χ4v) is 2.70. The highest BCUT2D eigenvalue weighted by molar-refractivity contribution is 14.0. The van der Waals surface area contributed by atoms with Crippen molar-refractivity contribution in [3.05, 3.63) is 34.9 Å². The van der Waals surface area contributed by atoms with Crippen LogP contribution in [0, 0.1) is 0 Å². The van der Waals surface area contributed by atoms with Gasteiger partial charge in [-0.15, -0.1) is 24.0 Å². The number of carbonyl (C=O) groups excluding carboxylic acids is 1. The molecule has 1 heterocycles. The second-order valence-electron chi connectivity index (χ2n) is 5.53. The predicted octanol–water partition coefficient (Wildman–Crippen LogP) is 2.21. The van der Waals surface area contributed by atoms with Gasteiger partial charge in [0.2, 0.25) is 5.91 Å². The minimum atomic E-state index is 0. The third-order valence-electron chi connectivity index (χ3n) is 3.85. The topological polar surface area (TPSA) is 57.2 Å². The van der Waals surface area contributed by atoms with Crippen molar-refractivity contribution in [3.63, 3.8) is 0 Å². The Kier molecular flexibility index (Phi) is 10.1. The zero-order valence-electron chi connectivity index (χ0n) is 14.7. The van der Waals surface area contributed by atoms with Crippen LogP contribution in [0.1, 0.15) is 12.5 Å². The number of piperazine rings is 1. The summed E-state index contributed by atoms with van der Waals surface area (Å²) in [6.07, 6.45) is 0. The SMILES string of the molecule is CCOCCNC(=NC)N1CCN(Cc2ccc(Cl)cc2)C(=O)C1.I. The number of ether oxygens (including phenoxy) is 1. The lowest BCUT2D eigenvalue weighted by Crippen LogP contribution is -2.55. The minimum absolute atomic E-state index is 0. The highest BCUT2D eigenvalue weighted by Gasteiger charge is 2.25. The molecule has 1 saturated heterocycles. The van der Waals surface area contributed by atoms with E-state index in [1.165, 1.54) is 0 Å². The number of halogens is 2. The number of hydrogen-bond acceptors (Lipinski definition) is 3. The molecule has 0 bridgehead atoms. The van der Waals surface area contributed by atoms with Gasteiger partial charge >= 0.3 is 0 Å². The molecule has 1 fully saturated rings. The van der Waals surface area contributed by atoms with Gasteiger partial charge in [-0.25, -0.2) is 0 Å². The standard InChI is InChI=1S/C17H25ClN4O2.HI/c1-3-24-11-8-20-17(19-2)22-10-9-21(16(23)13-22)12-14-4-6-15(18)7-5-14;/h4-7H,3,8-13H2,1-2H3,(H,19,20);1H. The van der Waals surface area contributed by atoms with E-state index in [1.807, 2.05) is 41.0 Å². The molecule has 0 saturated carbocycles. The van der Waals surface area contributed by atoms with Gasteiger partial charge in [0.25, 0.3) is 0 Å². The molecule has 1 aliphatic rings. The largest absolute Gasteiger partial charge is 0.380 e. The Balaban J connectivity index is 0.00000312. The van der Waals surface area contributed by atoms with Gasteiger partial charge in [-0.05, 0) is 24.6 Å². The van der Waals surface area contributed by atoms with Crippen LogP contribution in [0.3, 0.4) is 0 Å². The van der Waals surface area contributed by atoms with Gasteiger partial charge in [0, 0.05) is 44.9 Å². The number of benzene rings is 1. The summed E-state index contributed by atoms with van der Waals surface area (Å²) >= 11 is 5.90. The van der Waals surface area contributed by atoms with E-state index in [4.69, 9.17) is 16.3 Å². The summed E-state index contributed by atoms with van der Waals surface area (Å²) in [7, 11) is 1.73. The van der Waals surface area contributed by atoms with E-state index in [-0.39, 0.29) is 29.9 Å². The monoisotopic (exact) mass is 480 g/mol. The summed E-state index contributed by atoms with van der Waals surface area (Å²) in [6.45, 7) is 6.35. The number of guanidine groups is 1. The first-order valence-electron chi connectivity index (χ1n) is 8.19. The molecule has 1 aromatic carbocycles. The summed E-state index contributed by atoms with van der Waals surface area (Å²) in [6, 6.07) is 7.61. The third-order valence-corrected chi connectivity index (χ3v) is 4.10. The summed E-state index contributed by atoms with van der Waals surface area (Å²) in [4.78, 5) is 20.5. The maximum atomic E-state index is 12.4. The first-order chi connectivity index (χ1) is 11.6. The number of aliphatic imine (C=N–C) groups is 1. The van der Waals surface area contributed by atoms with Crippen LogP contribution in [0.4, 0.5) is 0 Å². The molecule has 1 aromatic rings. The molecule has 25 heavy (non-hydrogen) atoms. The number of amides is 1. The number of carbonyl (C=O) groups is 1. The molecular weight excluding hydrogens is 455 g/mol. The second-order valence-corrected chi connectivity index (χ2v) is 5.97. The Morgan fingerprint density at radius 1 is 1.32 bits per heavy atom. The van der Waals surface area contributed by atoms with Gasteiger partial charge in [-0.2, -0.15) is 0 Å². The normalized spacial score (nSPS) is 15.2. The highest BCUT2D eigenvalue weighted by Crippen LogP contribution is 2.13. The van der Waals surface area contributed by atoms with Crippen LogP contribution in [0.15, 0.2) is 29.3 Å². The summed E-state index contributed by atoms with van der Waals surface area (Å²) < 4.78 is 5.31. The van der Waals surface area contributed by atoms with Crippen molar-refractivity contribution < 1.29 is 9.53 Å². The van der Waals surface area contributed by atoms with Crippen LogP contribution >= 0.6 is 35.6 Å². The lowest BCUT2D eigenvalue weighted by molar-refractivity contribution is -0.135. The second kappa shape index (κ2) is 11.5. The van der Waals surface area contributed by atoms with Crippen LogP contribution in [0.5, 0.6) is 0 Å². The predicted molar refractivity (Wildman–Crippen MR) is 112 cm³/mol. The number of nitrogens with zero attached hydrogens (tertiary/aromatic N) is 3. The van der Waals surface area contributed by atoms with Gasteiger partial charge in [0.05, 0.1) is 13.2 Å². The van der Waals surface area contributed by atoms with Crippen molar-refractivity contribution in [2.75, 3.05) is 46.4 Å². The van der Waals surface area contributed by atoms with Gasteiger partial charge in [-0.1, -0.05) is 23.7 Å². The maximum Gasteiger partial charge on any atom is 0.242 e. The summed E-state index contributed by atoms with van der Waals surface area (Å²) in [5.41, 5.74) is 1.08. The molecule has 0 unspecified atom stereocenters. The lowest BCUT2D eigenvalue weighted by atomic mass is 10.2. The van der Waals surface area contributed by atoms with Crippen LogP contribution in [-0.4, -0.2) is 68.1 Å². The van der Waals surface area contributed by atoms with E-state index in [0.29, 0.717) is 44.4 Å². The molecule has 140 valence electrons. The van der Waals surface area contributed by atoms with Gasteiger partial charge in [0.15, 0.2) is 5.96 Å². The Morgan fingerprint density at radius 2 is 2.04 bits per heavy atom. The number of hydrogen-bond donors (Lipinski definition) is 1. The zero-order chi connectivity index (χ0) is 17.4. The van der Waals surface area contributed by atoms with E-state index in [0.717, 1.165) is 18.1 Å². The van der Waals surface area contributed by atoms with E-state index in [9.17, 15) is 4.79 Å². The summed E-state index contributed by atoms with van der Waals surface area (Å²) in [5, 5.41) is 3.94. The average molecular weight is 481 g/mol. The zero-order valence-corrected chi connectivity index (χ0v) is 17.8. The molecule has 0 spiro atoms. The molecule has 0 aromatic heterocycles. The van der Waals surface area contributed by atoms with Crippen molar-refractivity contribution in [2.24, 2.45) is 4.99 Å². The van der Waals surface area contributed by atoms with Crippen molar-refractivity contribution in [2.45, 2.75) is 13.5 Å². The van der Waals surface area contributed by atoms with Gasteiger partial charge in [0.1, 0.15) is 0 Å². The Hall–Kier alpha value is -1.06. The van der Waals surface area contributed by atoms with Gasteiger partial charge in [-0.3, -0.25) is 9.79 Å². The molecule has 2 rings (SSSR count). The Morgan fingerprint density at radius 3 is 2.64 bits per heavy atom. The molecule has 1 N–H and O–H groups in total.